The summed E-state index contributed by atoms with van der Waals surface area (Å²) in [5.41, 5.74) is 0.646. The molecule has 0 amide bonds. The monoisotopic (exact) mass is 286 g/mol. The molecule has 1 aromatic rings. The molecule has 0 aliphatic heterocycles. The molecule has 1 aliphatic rings. The molecular weight excluding hydrogens is 268 g/mol. The fourth-order valence-electron chi connectivity index (χ4n) is 2.27. The minimum atomic E-state index is -0.827. The number of thioether (sulfide) groups is 1. The van der Waals surface area contributed by atoms with E-state index in [1.807, 2.05) is 17.1 Å². The van der Waals surface area contributed by atoms with Crippen LogP contribution < -0.4 is 5.32 Å². The Morgan fingerprint density at radius 3 is 3.22 bits per heavy atom. The number of nitrogens with zero attached hydrogens (tertiary/aromatic N) is 1. The molecule has 1 aromatic heterocycles. The van der Waals surface area contributed by atoms with Gasteiger partial charge in [0.1, 0.15) is 0 Å². The molecular formula is C12H18N2O2S2. The number of nitrogens with one attached hydrogen (secondary N) is 1. The van der Waals surface area contributed by atoms with Crippen molar-refractivity contribution in [2.75, 3.05) is 11.1 Å². The molecule has 2 N–H and O–H groups in total. The zero-order valence-corrected chi connectivity index (χ0v) is 12.0. The highest BCUT2D eigenvalue weighted by Gasteiger charge is 2.27. The van der Waals surface area contributed by atoms with Crippen molar-refractivity contribution in [3.05, 3.63) is 11.1 Å². The van der Waals surface area contributed by atoms with Gasteiger partial charge in [-0.1, -0.05) is 13.3 Å². The minimum absolute atomic E-state index is 0.00991. The van der Waals surface area contributed by atoms with Crippen molar-refractivity contribution in [1.82, 2.24) is 4.98 Å². The molecule has 4 nitrogen and oxygen atoms in total. The van der Waals surface area contributed by atoms with Gasteiger partial charge >= 0.3 is 5.97 Å². The third-order valence-electron chi connectivity index (χ3n) is 3.03. The molecule has 0 saturated heterocycles. The van der Waals surface area contributed by atoms with Crippen LogP contribution >= 0.6 is 23.1 Å². The van der Waals surface area contributed by atoms with Crippen molar-refractivity contribution in [2.24, 2.45) is 0 Å². The molecule has 2 unspecified atom stereocenters. The van der Waals surface area contributed by atoms with Crippen molar-refractivity contribution in [3.8, 4) is 0 Å². The highest BCUT2D eigenvalue weighted by Crippen LogP contribution is 2.32. The molecule has 0 spiro atoms. The van der Waals surface area contributed by atoms with E-state index in [2.05, 4.69) is 17.2 Å². The Bertz CT molecular complexity index is 409. The molecule has 2 atom stereocenters. The van der Waals surface area contributed by atoms with Crippen molar-refractivity contribution >= 4 is 34.2 Å². The van der Waals surface area contributed by atoms with Crippen molar-refractivity contribution < 1.29 is 9.90 Å². The molecule has 0 radical (unpaired) electrons. The maximum Gasteiger partial charge on any atom is 0.309 e. The highest BCUT2D eigenvalue weighted by molar-refractivity contribution is 7.99. The smallest absolute Gasteiger partial charge is 0.309 e. The number of hydrogen-bond acceptors (Lipinski definition) is 5. The Morgan fingerprint density at radius 2 is 2.50 bits per heavy atom. The third-order valence-corrected chi connectivity index (χ3v) is 5.17. The maximum absolute atomic E-state index is 10.6. The lowest BCUT2D eigenvalue weighted by Gasteiger charge is -2.19. The molecule has 1 saturated carbocycles. The van der Waals surface area contributed by atoms with Gasteiger partial charge < -0.3 is 10.4 Å². The standard InChI is InChI=1S/C12H18N2O2S2/c1-2-17-10-5-3-4-9(10)14-12-13-8(7-18-12)6-11(15)16/h7,9-10H,2-6H2,1H3,(H,13,14)(H,15,16). The minimum Gasteiger partial charge on any atom is -0.481 e. The Labute approximate surface area is 115 Å². The summed E-state index contributed by atoms with van der Waals surface area (Å²) in [5, 5.41) is 15.5. The van der Waals surface area contributed by atoms with E-state index in [0.29, 0.717) is 17.0 Å². The fraction of sp³-hybridized carbons (Fsp3) is 0.667. The summed E-state index contributed by atoms with van der Waals surface area (Å²) in [6.45, 7) is 2.19. The van der Waals surface area contributed by atoms with E-state index in [0.717, 1.165) is 10.9 Å². The second-order valence-electron chi connectivity index (χ2n) is 4.39. The van der Waals surface area contributed by atoms with Crippen LogP contribution in [-0.4, -0.2) is 33.1 Å². The van der Waals surface area contributed by atoms with Crippen molar-refractivity contribution in [3.63, 3.8) is 0 Å². The first-order valence-corrected chi connectivity index (χ1v) is 8.16. The number of carboxylic acid groups (broad SMARTS) is 1. The van der Waals surface area contributed by atoms with Gasteiger partial charge in [-0.05, 0) is 18.6 Å². The summed E-state index contributed by atoms with van der Waals surface area (Å²) >= 11 is 3.51. The molecule has 6 heteroatoms. The summed E-state index contributed by atoms with van der Waals surface area (Å²) in [4.78, 5) is 14.9. The Kier molecular flexibility index (Phi) is 4.88. The van der Waals surface area contributed by atoms with Gasteiger partial charge in [0, 0.05) is 16.7 Å². The number of rotatable bonds is 6. The third kappa shape index (κ3) is 3.62. The van der Waals surface area contributed by atoms with Gasteiger partial charge in [-0.3, -0.25) is 4.79 Å². The summed E-state index contributed by atoms with van der Waals surface area (Å²) in [6, 6.07) is 0.485. The zero-order valence-electron chi connectivity index (χ0n) is 10.4. The van der Waals surface area contributed by atoms with Gasteiger partial charge in [-0.15, -0.1) is 11.3 Å². The number of aliphatic carboxylic acids is 1. The summed E-state index contributed by atoms with van der Waals surface area (Å²) in [6.07, 6.45) is 3.73. The van der Waals surface area contributed by atoms with Gasteiger partial charge in [0.25, 0.3) is 0 Å². The zero-order chi connectivity index (χ0) is 13.0. The van der Waals surface area contributed by atoms with Gasteiger partial charge in [0.15, 0.2) is 5.13 Å². The number of carbonyl (C=O) groups is 1. The van der Waals surface area contributed by atoms with Gasteiger partial charge in [-0.2, -0.15) is 11.8 Å². The Morgan fingerprint density at radius 1 is 1.67 bits per heavy atom. The quantitative estimate of drug-likeness (QED) is 0.842. The molecule has 1 heterocycles. The van der Waals surface area contributed by atoms with Crippen LogP contribution in [-0.2, 0) is 11.2 Å². The van der Waals surface area contributed by atoms with Crippen molar-refractivity contribution in [2.45, 2.75) is 43.9 Å². The van der Waals surface area contributed by atoms with Crippen LogP contribution in [0.15, 0.2) is 5.38 Å². The number of thiazole rings is 1. The molecule has 0 aromatic carbocycles. The van der Waals surface area contributed by atoms with Gasteiger partial charge in [0.05, 0.1) is 12.1 Å². The van der Waals surface area contributed by atoms with E-state index in [-0.39, 0.29) is 6.42 Å². The van der Waals surface area contributed by atoms with Crippen LogP contribution in [0.1, 0.15) is 31.9 Å². The maximum atomic E-state index is 10.6. The lowest BCUT2D eigenvalue weighted by Crippen LogP contribution is -2.26. The molecule has 2 rings (SSSR count). The van der Waals surface area contributed by atoms with Gasteiger partial charge in [-0.25, -0.2) is 4.98 Å². The predicted octanol–water partition coefficient (Wildman–Crippen LogP) is 2.86. The van der Waals surface area contributed by atoms with Crippen LogP contribution in [0.4, 0.5) is 5.13 Å². The van der Waals surface area contributed by atoms with Crippen LogP contribution in [0.2, 0.25) is 0 Å². The topological polar surface area (TPSA) is 62.2 Å². The molecule has 1 aliphatic carbocycles. The second kappa shape index (κ2) is 6.43. The first-order chi connectivity index (χ1) is 8.69. The average Bonchev–Trinajstić information content (AvgIpc) is 2.90. The molecule has 1 fully saturated rings. The molecule has 100 valence electrons. The van der Waals surface area contributed by atoms with Crippen molar-refractivity contribution in [1.29, 1.82) is 0 Å². The highest BCUT2D eigenvalue weighted by atomic mass is 32.2. The van der Waals surface area contributed by atoms with Crippen LogP contribution in [0.3, 0.4) is 0 Å². The van der Waals surface area contributed by atoms with Crippen LogP contribution in [0.5, 0.6) is 0 Å². The second-order valence-corrected chi connectivity index (χ2v) is 6.76. The largest absolute Gasteiger partial charge is 0.481 e. The van der Waals surface area contributed by atoms with Gasteiger partial charge in [0.2, 0.25) is 0 Å². The first-order valence-electron chi connectivity index (χ1n) is 6.23. The summed E-state index contributed by atoms with van der Waals surface area (Å²) < 4.78 is 0. The number of carboxylic acids is 1. The SMILES string of the molecule is CCSC1CCCC1Nc1nc(CC(=O)O)cs1. The summed E-state index contributed by atoms with van der Waals surface area (Å²) in [5.74, 6) is 0.317. The molecule has 18 heavy (non-hydrogen) atoms. The average molecular weight is 286 g/mol. The van der Waals surface area contributed by atoms with E-state index < -0.39 is 5.97 Å². The summed E-state index contributed by atoms with van der Waals surface area (Å²) in [7, 11) is 0. The Balaban J connectivity index is 1.92. The number of aromatic nitrogens is 1. The van der Waals surface area contributed by atoms with E-state index >= 15 is 0 Å². The lowest BCUT2D eigenvalue weighted by atomic mass is 10.2. The predicted molar refractivity (Wildman–Crippen MR) is 76.6 cm³/mol. The number of anilines is 1. The van der Waals surface area contributed by atoms with Crippen LogP contribution in [0.25, 0.3) is 0 Å². The van der Waals surface area contributed by atoms with E-state index in [4.69, 9.17) is 5.11 Å². The van der Waals surface area contributed by atoms with E-state index in [1.165, 1.54) is 30.6 Å². The Hall–Kier alpha value is -0.750. The number of hydrogen-bond donors (Lipinski definition) is 2. The normalized spacial score (nSPS) is 23.2. The first kappa shape index (κ1) is 13.7. The fourth-order valence-corrected chi connectivity index (χ4v) is 4.24. The van der Waals surface area contributed by atoms with E-state index in [9.17, 15) is 4.79 Å². The molecule has 0 bridgehead atoms. The van der Waals surface area contributed by atoms with E-state index in [1.54, 1.807) is 0 Å². The van der Waals surface area contributed by atoms with Crippen LogP contribution in [0, 0.1) is 0 Å². The lowest BCUT2D eigenvalue weighted by molar-refractivity contribution is -0.136.